The van der Waals surface area contributed by atoms with Gasteiger partial charge in [0.2, 0.25) is 11.8 Å². The van der Waals surface area contributed by atoms with E-state index in [1.165, 1.54) is 6.08 Å². The van der Waals surface area contributed by atoms with Gasteiger partial charge in [-0.05, 0) is 43.4 Å². The predicted octanol–water partition coefficient (Wildman–Crippen LogP) is 1.75. The van der Waals surface area contributed by atoms with Crippen molar-refractivity contribution in [3.63, 3.8) is 0 Å². The molecular formula is C19H25N5O2. The van der Waals surface area contributed by atoms with Gasteiger partial charge in [0.1, 0.15) is 12.1 Å². The molecule has 7 nitrogen and oxygen atoms in total. The minimum Gasteiger partial charge on any atom is -0.352 e. The largest absolute Gasteiger partial charge is 0.352 e. The van der Waals surface area contributed by atoms with Crippen LogP contribution in [0.15, 0.2) is 36.9 Å². The lowest BCUT2D eigenvalue weighted by molar-refractivity contribution is -0.137. The van der Waals surface area contributed by atoms with Gasteiger partial charge in [-0.1, -0.05) is 30.8 Å². The lowest BCUT2D eigenvalue weighted by Crippen LogP contribution is -2.50. The van der Waals surface area contributed by atoms with E-state index in [1.54, 1.807) is 4.68 Å². The molecule has 3 rings (SSSR count). The number of likely N-dealkylation sites (tertiary alicyclic amines) is 1. The number of benzene rings is 1. The first-order chi connectivity index (χ1) is 12.6. The summed E-state index contributed by atoms with van der Waals surface area (Å²) in [5.41, 5.74) is 1.65. The molecule has 1 aromatic heterocycles. The summed E-state index contributed by atoms with van der Waals surface area (Å²) in [6.07, 6.45) is 4.10. The van der Waals surface area contributed by atoms with E-state index in [2.05, 4.69) is 29.1 Å². The summed E-state index contributed by atoms with van der Waals surface area (Å²) in [5, 5.41) is 11.0. The molecule has 138 valence electrons. The highest BCUT2D eigenvalue weighted by Gasteiger charge is 2.31. The van der Waals surface area contributed by atoms with E-state index in [0.717, 1.165) is 36.8 Å². The van der Waals surface area contributed by atoms with Gasteiger partial charge in [-0.25, -0.2) is 4.68 Å². The lowest BCUT2D eigenvalue weighted by atomic mass is 9.88. The number of carbonyl (C=O) groups excluding carboxylic acids is 2. The van der Waals surface area contributed by atoms with Gasteiger partial charge in [0.05, 0.1) is 5.52 Å². The summed E-state index contributed by atoms with van der Waals surface area (Å²) < 4.78 is 1.66. The third-order valence-electron chi connectivity index (χ3n) is 5.07. The van der Waals surface area contributed by atoms with Gasteiger partial charge in [0.25, 0.3) is 0 Å². The molecule has 0 aliphatic carbocycles. The Kier molecular flexibility index (Phi) is 5.65. The van der Waals surface area contributed by atoms with E-state index in [0.29, 0.717) is 12.5 Å². The van der Waals surface area contributed by atoms with Crippen molar-refractivity contribution in [1.82, 2.24) is 25.2 Å². The van der Waals surface area contributed by atoms with Gasteiger partial charge in [-0.2, -0.15) is 0 Å². The van der Waals surface area contributed by atoms with Crippen LogP contribution >= 0.6 is 0 Å². The Hall–Kier alpha value is -2.70. The SMILES string of the molecule is C=CC(=O)NCCC1C(C)CCCN1C(=O)Cn1nnc2ccccc21. The van der Waals surface area contributed by atoms with Crippen LogP contribution in [-0.2, 0) is 16.1 Å². The Bertz CT molecular complexity index is 800. The van der Waals surface area contributed by atoms with E-state index in [4.69, 9.17) is 0 Å². The number of amides is 2. The van der Waals surface area contributed by atoms with E-state index >= 15 is 0 Å². The third-order valence-corrected chi connectivity index (χ3v) is 5.07. The second-order valence-electron chi connectivity index (χ2n) is 6.79. The molecule has 0 spiro atoms. The van der Waals surface area contributed by atoms with Gasteiger partial charge in [0.15, 0.2) is 0 Å². The number of carbonyl (C=O) groups is 2. The number of hydrogen-bond donors (Lipinski definition) is 1. The first kappa shape index (κ1) is 18.1. The maximum atomic E-state index is 13.0. The Morgan fingerprint density at radius 3 is 3.00 bits per heavy atom. The normalized spacial score (nSPS) is 20.1. The zero-order valence-electron chi connectivity index (χ0n) is 15.1. The fourth-order valence-corrected chi connectivity index (χ4v) is 3.67. The first-order valence-electron chi connectivity index (χ1n) is 9.08. The second kappa shape index (κ2) is 8.12. The summed E-state index contributed by atoms with van der Waals surface area (Å²) in [6.45, 7) is 7.10. The van der Waals surface area contributed by atoms with E-state index in [-0.39, 0.29) is 24.4 Å². The van der Waals surface area contributed by atoms with E-state index in [1.807, 2.05) is 29.2 Å². The fourth-order valence-electron chi connectivity index (χ4n) is 3.67. The van der Waals surface area contributed by atoms with Crippen molar-refractivity contribution < 1.29 is 9.59 Å². The van der Waals surface area contributed by atoms with Crippen LogP contribution < -0.4 is 5.32 Å². The highest BCUT2D eigenvalue weighted by molar-refractivity contribution is 5.86. The average molecular weight is 355 g/mol. The Morgan fingerprint density at radius 2 is 2.19 bits per heavy atom. The topological polar surface area (TPSA) is 80.1 Å². The number of hydrogen-bond acceptors (Lipinski definition) is 4. The fraction of sp³-hybridized carbons (Fsp3) is 0.474. The number of para-hydroxylation sites is 1. The molecule has 1 aliphatic rings. The van der Waals surface area contributed by atoms with Crippen LogP contribution in [0.1, 0.15) is 26.2 Å². The molecule has 0 saturated carbocycles. The molecule has 2 atom stereocenters. The summed E-state index contributed by atoms with van der Waals surface area (Å²) >= 11 is 0. The molecule has 1 aliphatic heterocycles. The molecule has 0 bridgehead atoms. The van der Waals surface area contributed by atoms with Crippen molar-refractivity contribution in [1.29, 1.82) is 0 Å². The van der Waals surface area contributed by atoms with E-state index in [9.17, 15) is 9.59 Å². The molecule has 2 amide bonds. The van der Waals surface area contributed by atoms with Crippen molar-refractivity contribution in [2.24, 2.45) is 5.92 Å². The van der Waals surface area contributed by atoms with Crippen LogP contribution in [0.3, 0.4) is 0 Å². The van der Waals surface area contributed by atoms with Crippen molar-refractivity contribution in [3.05, 3.63) is 36.9 Å². The van der Waals surface area contributed by atoms with Crippen molar-refractivity contribution >= 4 is 22.8 Å². The number of aromatic nitrogens is 3. The highest BCUT2D eigenvalue weighted by Crippen LogP contribution is 2.26. The van der Waals surface area contributed by atoms with Gasteiger partial charge in [-0.15, -0.1) is 5.10 Å². The number of piperidine rings is 1. The Balaban J connectivity index is 1.68. The molecular weight excluding hydrogens is 330 g/mol. The van der Waals surface area contributed by atoms with Crippen LogP contribution in [0.2, 0.25) is 0 Å². The minimum atomic E-state index is -0.180. The van der Waals surface area contributed by atoms with Crippen LogP contribution in [-0.4, -0.2) is 50.8 Å². The Labute approximate surface area is 153 Å². The molecule has 2 unspecified atom stereocenters. The van der Waals surface area contributed by atoms with Gasteiger partial charge in [-0.3, -0.25) is 9.59 Å². The number of nitrogens with zero attached hydrogens (tertiary/aromatic N) is 4. The van der Waals surface area contributed by atoms with E-state index < -0.39 is 0 Å². The van der Waals surface area contributed by atoms with Crippen molar-refractivity contribution in [3.8, 4) is 0 Å². The number of fused-ring (bicyclic) bond motifs is 1. The number of rotatable bonds is 6. The third kappa shape index (κ3) is 3.92. The molecule has 1 aromatic carbocycles. The lowest BCUT2D eigenvalue weighted by Gasteiger charge is -2.40. The summed E-state index contributed by atoms with van der Waals surface area (Å²) in [7, 11) is 0. The van der Waals surface area contributed by atoms with Crippen LogP contribution in [0, 0.1) is 5.92 Å². The molecule has 2 aromatic rings. The minimum absolute atomic E-state index is 0.0484. The van der Waals surface area contributed by atoms with Crippen LogP contribution in [0.4, 0.5) is 0 Å². The monoisotopic (exact) mass is 355 g/mol. The number of nitrogens with one attached hydrogen (secondary N) is 1. The first-order valence-corrected chi connectivity index (χ1v) is 9.08. The molecule has 2 heterocycles. The highest BCUT2D eigenvalue weighted by atomic mass is 16.2. The molecule has 0 radical (unpaired) electrons. The average Bonchev–Trinajstić information content (AvgIpc) is 3.05. The molecule has 1 N–H and O–H groups in total. The quantitative estimate of drug-likeness (QED) is 0.801. The van der Waals surface area contributed by atoms with Gasteiger partial charge >= 0.3 is 0 Å². The summed E-state index contributed by atoms with van der Waals surface area (Å²) in [4.78, 5) is 26.3. The maximum absolute atomic E-state index is 13.0. The molecule has 1 saturated heterocycles. The second-order valence-corrected chi connectivity index (χ2v) is 6.79. The van der Waals surface area contributed by atoms with Crippen LogP contribution in [0.5, 0.6) is 0 Å². The Morgan fingerprint density at radius 1 is 1.38 bits per heavy atom. The smallest absolute Gasteiger partial charge is 0.244 e. The molecule has 26 heavy (non-hydrogen) atoms. The maximum Gasteiger partial charge on any atom is 0.244 e. The summed E-state index contributed by atoms with van der Waals surface area (Å²) in [5.74, 6) is 0.272. The zero-order chi connectivity index (χ0) is 18.5. The molecule has 1 fully saturated rings. The van der Waals surface area contributed by atoms with Crippen LogP contribution in [0.25, 0.3) is 11.0 Å². The summed E-state index contributed by atoms with van der Waals surface area (Å²) in [6, 6.07) is 7.75. The molecule has 7 heteroatoms. The standard InChI is InChI=1S/C19H25N5O2/c1-3-18(25)20-11-10-16-14(2)7-6-12-23(16)19(26)13-24-17-9-5-4-8-15(17)21-22-24/h3-5,8-9,14,16H,1,6-7,10-13H2,2H3,(H,20,25). The van der Waals surface area contributed by atoms with Crippen molar-refractivity contribution in [2.75, 3.05) is 13.1 Å². The van der Waals surface area contributed by atoms with Crippen molar-refractivity contribution in [2.45, 2.75) is 38.8 Å². The predicted molar refractivity (Wildman–Crippen MR) is 99.3 cm³/mol. The van der Waals surface area contributed by atoms with Gasteiger partial charge in [0, 0.05) is 19.1 Å². The zero-order valence-corrected chi connectivity index (χ0v) is 15.1. The van der Waals surface area contributed by atoms with Gasteiger partial charge < -0.3 is 10.2 Å².